The molecule has 0 radical (unpaired) electrons. The van der Waals surface area contributed by atoms with Crippen molar-refractivity contribution in [3.8, 4) is 11.1 Å². The first-order valence-electron chi connectivity index (χ1n) is 15.5. The number of amides is 4. The van der Waals surface area contributed by atoms with Crippen LogP contribution >= 0.6 is 0 Å². The predicted octanol–water partition coefficient (Wildman–Crippen LogP) is 3.76. The van der Waals surface area contributed by atoms with Crippen molar-refractivity contribution in [1.29, 1.82) is 0 Å². The Labute approximate surface area is 280 Å². The smallest absolute Gasteiger partial charge is 0.416 e. The van der Waals surface area contributed by atoms with E-state index in [1.54, 1.807) is 0 Å². The third-order valence-electron chi connectivity index (χ3n) is 8.83. The van der Waals surface area contributed by atoms with Crippen molar-refractivity contribution in [3.63, 3.8) is 0 Å². The lowest BCUT2D eigenvalue weighted by atomic mass is 9.98. The van der Waals surface area contributed by atoms with Crippen molar-refractivity contribution >= 4 is 29.8 Å². The van der Waals surface area contributed by atoms with Crippen LogP contribution in [0.15, 0.2) is 72.8 Å². The molecule has 1 aliphatic heterocycles. The van der Waals surface area contributed by atoms with Crippen LogP contribution in [0.5, 0.6) is 0 Å². The van der Waals surface area contributed by atoms with E-state index in [2.05, 4.69) is 5.32 Å². The summed E-state index contributed by atoms with van der Waals surface area (Å²) in [7, 11) is 2.53. The van der Waals surface area contributed by atoms with Crippen LogP contribution in [0.2, 0.25) is 0 Å². The number of nitrogens with zero attached hydrogens (tertiary/aromatic N) is 3. The molecular weight excluding hydrogens is 645 g/mol. The first-order chi connectivity index (χ1) is 23.3. The molecular formula is C35H35F3N4O7. The summed E-state index contributed by atoms with van der Waals surface area (Å²) < 4.78 is 45.3. The van der Waals surface area contributed by atoms with E-state index in [1.807, 2.05) is 48.5 Å². The van der Waals surface area contributed by atoms with Crippen LogP contribution in [0.3, 0.4) is 0 Å². The second-order valence-corrected chi connectivity index (χ2v) is 12.0. The van der Waals surface area contributed by atoms with Gasteiger partial charge in [-0.1, -0.05) is 60.7 Å². The molecule has 1 aliphatic carbocycles. The third kappa shape index (κ3) is 7.68. The molecule has 3 aromatic rings. The average molecular weight is 681 g/mol. The van der Waals surface area contributed by atoms with Crippen molar-refractivity contribution in [2.75, 3.05) is 40.3 Å². The average Bonchev–Trinajstić information content (AvgIpc) is 3.38. The van der Waals surface area contributed by atoms with Gasteiger partial charge in [0.15, 0.2) is 0 Å². The number of benzene rings is 3. The minimum absolute atomic E-state index is 0.0525. The SMILES string of the molecule is CN(CC(=O)O)C(=O)C(Cc1ccc(C(F)(F)F)cc1)N1CCNC(=O)CC(N(C)C(=O)OCC2c3ccccc3-c3ccccc32)C1=O. The Hall–Kier alpha value is -5.40. The van der Waals surface area contributed by atoms with Gasteiger partial charge in [0.1, 0.15) is 25.2 Å². The van der Waals surface area contributed by atoms with E-state index in [0.29, 0.717) is 0 Å². The van der Waals surface area contributed by atoms with Gasteiger partial charge in [-0.2, -0.15) is 13.2 Å². The molecule has 0 bridgehead atoms. The van der Waals surface area contributed by atoms with Gasteiger partial charge in [-0.15, -0.1) is 0 Å². The second kappa shape index (κ2) is 14.4. The maximum Gasteiger partial charge on any atom is 0.416 e. The molecule has 3 aromatic carbocycles. The van der Waals surface area contributed by atoms with Gasteiger partial charge in [0.05, 0.1) is 12.0 Å². The minimum atomic E-state index is -4.59. The fourth-order valence-electron chi connectivity index (χ4n) is 6.31. The molecule has 1 fully saturated rings. The first kappa shape index (κ1) is 34.9. The van der Waals surface area contributed by atoms with Gasteiger partial charge >= 0.3 is 18.2 Å². The van der Waals surface area contributed by atoms with Crippen LogP contribution in [-0.4, -0.2) is 102 Å². The zero-order valence-corrected chi connectivity index (χ0v) is 26.8. The van der Waals surface area contributed by atoms with E-state index in [1.165, 1.54) is 26.2 Å². The molecule has 0 saturated carbocycles. The van der Waals surface area contributed by atoms with E-state index in [9.17, 15) is 42.3 Å². The van der Waals surface area contributed by atoms with Crippen LogP contribution in [0.25, 0.3) is 11.1 Å². The second-order valence-electron chi connectivity index (χ2n) is 12.0. The largest absolute Gasteiger partial charge is 0.480 e. The van der Waals surface area contributed by atoms with E-state index in [-0.39, 0.29) is 37.6 Å². The van der Waals surface area contributed by atoms with Crippen molar-refractivity contribution in [3.05, 3.63) is 95.1 Å². The number of halogens is 3. The summed E-state index contributed by atoms with van der Waals surface area (Å²) >= 11 is 0. The highest BCUT2D eigenvalue weighted by Gasteiger charge is 2.41. The van der Waals surface area contributed by atoms with Crippen molar-refractivity contribution in [2.24, 2.45) is 0 Å². The zero-order chi connectivity index (χ0) is 35.5. The summed E-state index contributed by atoms with van der Waals surface area (Å²) in [6, 6.07) is 16.8. The lowest BCUT2D eigenvalue weighted by Gasteiger charge is -2.38. The van der Waals surface area contributed by atoms with Gasteiger partial charge in [0, 0.05) is 39.5 Å². The van der Waals surface area contributed by atoms with E-state index < -0.39 is 66.6 Å². The van der Waals surface area contributed by atoms with Crippen LogP contribution in [-0.2, 0) is 36.5 Å². The number of hydrogen-bond acceptors (Lipinski definition) is 6. The minimum Gasteiger partial charge on any atom is -0.480 e. The molecule has 2 unspecified atom stereocenters. The van der Waals surface area contributed by atoms with Crippen LogP contribution in [0.4, 0.5) is 18.0 Å². The number of carboxylic acid groups (broad SMARTS) is 1. The Morgan fingerprint density at radius 2 is 1.55 bits per heavy atom. The number of rotatable bonds is 9. The van der Waals surface area contributed by atoms with Crippen molar-refractivity contribution in [2.45, 2.75) is 37.0 Å². The summed E-state index contributed by atoms with van der Waals surface area (Å²) in [6.07, 6.45) is -6.20. The lowest BCUT2D eigenvalue weighted by Crippen LogP contribution is -2.60. The summed E-state index contributed by atoms with van der Waals surface area (Å²) in [5.74, 6) is -3.67. The molecule has 4 amide bonds. The summed E-state index contributed by atoms with van der Waals surface area (Å²) in [5, 5.41) is 12.0. The molecule has 14 heteroatoms. The molecule has 1 saturated heterocycles. The van der Waals surface area contributed by atoms with Crippen LogP contribution < -0.4 is 5.32 Å². The predicted molar refractivity (Wildman–Crippen MR) is 170 cm³/mol. The number of carbonyl (C=O) groups excluding carboxylic acids is 4. The van der Waals surface area contributed by atoms with Crippen molar-refractivity contribution < 1.29 is 47.0 Å². The highest BCUT2D eigenvalue weighted by atomic mass is 19.4. The number of carbonyl (C=O) groups is 5. The first-order valence-corrected chi connectivity index (χ1v) is 15.5. The fraction of sp³-hybridized carbons (Fsp3) is 0.343. The molecule has 2 atom stereocenters. The normalized spacial score (nSPS) is 16.8. The number of likely N-dealkylation sites (N-methyl/N-ethyl adjacent to an activating group) is 2. The Bertz CT molecular complexity index is 1700. The summed E-state index contributed by atoms with van der Waals surface area (Å²) in [6.45, 7) is -1.02. The quantitative estimate of drug-likeness (QED) is 0.351. The fourth-order valence-corrected chi connectivity index (χ4v) is 6.31. The van der Waals surface area contributed by atoms with Gasteiger partial charge in [0.25, 0.3) is 0 Å². The number of fused-ring (bicyclic) bond motifs is 3. The number of carboxylic acids is 1. The Kier molecular flexibility index (Phi) is 10.2. The van der Waals surface area contributed by atoms with Gasteiger partial charge in [-0.3, -0.25) is 24.1 Å². The molecule has 11 nitrogen and oxygen atoms in total. The van der Waals surface area contributed by atoms with Gasteiger partial charge in [-0.05, 0) is 39.9 Å². The van der Waals surface area contributed by atoms with Gasteiger partial charge in [0.2, 0.25) is 17.7 Å². The molecule has 0 aromatic heterocycles. The maximum absolute atomic E-state index is 14.2. The van der Waals surface area contributed by atoms with E-state index in [4.69, 9.17) is 4.74 Å². The highest BCUT2D eigenvalue weighted by Crippen LogP contribution is 2.44. The summed E-state index contributed by atoms with van der Waals surface area (Å²) in [4.78, 5) is 68.5. The highest BCUT2D eigenvalue weighted by molar-refractivity contribution is 5.95. The molecule has 49 heavy (non-hydrogen) atoms. The Morgan fingerprint density at radius 1 is 0.959 bits per heavy atom. The third-order valence-corrected chi connectivity index (χ3v) is 8.83. The number of hydrogen-bond donors (Lipinski definition) is 2. The molecule has 258 valence electrons. The van der Waals surface area contributed by atoms with Crippen molar-refractivity contribution in [1.82, 2.24) is 20.0 Å². The summed E-state index contributed by atoms with van der Waals surface area (Å²) in [5.41, 5.74) is 3.36. The molecule has 5 rings (SSSR count). The standard InChI is InChI=1S/C35H35F3N4O7/c1-40(19-31(44)45)32(46)29(17-21-11-13-22(14-12-21)35(36,37)38)42-16-15-39-30(43)18-28(33(42)47)41(2)34(48)49-20-27-25-9-5-3-7-23(25)24-8-4-6-10-26(24)27/h3-14,27-29H,15-20H2,1-2H3,(H,39,43)(H,44,45). The van der Waals surface area contributed by atoms with Crippen LogP contribution in [0.1, 0.15) is 34.6 Å². The molecule has 2 aliphatic rings. The lowest BCUT2D eigenvalue weighted by molar-refractivity contribution is -0.152. The monoisotopic (exact) mass is 680 g/mol. The van der Waals surface area contributed by atoms with Crippen LogP contribution in [0, 0.1) is 0 Å². The maximum atomic E-state index is 14.2. The Morgan fingerprint density at radius 3 is 2.12 bits per heavy atom. The van der Waals surface area contributed by atoms with E-state index >= 15 is 0 Å². The number of alkyl halides is 3. The van der Waals surface area contributed by atoms with E-state index in [0.717, 1.165) is 49.1 Å². The number of aliphatic carboxylic acids is 1. The Balaban J connectivity index is 1.39. The topological polar surface area (TPSA) is 137 Å². The number of nitrogens with one attached hydrogen (secondary N) is 1. The zero-order valence-electron chi connectivity index (χ0n) is 26.8. The van der Waals surface area contributed by atoms with Gasteiger partial charge in [-0.25, -0.2) is 4.79 Å². The van der Waals surface area contributed by atoms with Gasteiger partial charge < -0.3 is 25.0 Å². The number of ether oxygens (including phenoxy) is 1. The molecule has 1 heterocycles. The molecule has 0 spiro atoms. The molecule has 2 N–H and O–H groups in total.